The van der Waals surface area contributed by atoms with Gasteiger partial charge in [0.2, 0.25) is 0 Å². The molecule has 0 atom stereocenters. The Morgan fingerprint density at radius 2 is 2.13 bits per heavy atom. The molecule has 3 rings (SSSR count). The van der Waals surface area contributed by atoms with Crippen LogP contribution in [-0.4, -0.2) is 27.1 Å². The minimum atomic E-state index is -0.311. The zero-order chi connectivity index (χ0) is 16.6. The predicted octanol–water partition coefficient (Wildman–Crippen LogP) is 3.28. The Morgan fingerprint density at radius 1 is 1.35 bits per heavy atom. The number of nitrogens with zero attached hydrogens (tertiary/aromatic N) is 3. The molecule has 0 unspecified atom stereocenters. The highest BCUT2D eigenvalue weighted by atomic mass is 35.5. The summed E-state index contributed by atoms with van der Waals surface area (Å²) in [6.07, 6.45) is 5.44. The molecule has 116 valence electrons. The SMILES string of the molecule is CSc1ncc2c(=O)n(-c3c(C)cccc3Cl)cc(C=O)c2n1. The maximum absolute atomic E-state index is 12.8. The van der Waals surface area contributed by atoms with Crippen molar-refractivity contribution in [2.24, 2.45) is 0 Å². The van der Waals surface area contributed by atoms with Crippen molar-refractivity contribution < 1.29 is 4.79 Å². The van der Waals surface area contributed by atoms with Crippen molar-refractivity contribution in [2.45, 2.75) is 12.1 Å². The van der Waals surface area contributed by atoms with Gasteiger partial charge in [-0.1, -0.05) is 35.5 Å². The number of aldehydes is 1. The number of aryl methyl sites for hydroxylation is 1. The Bertz CT molecular complexity index is 965. The molecule has 2 heterocycles. The molecule has 23 heavy (non-hydrogen) atoms. The molecule has 0 bridgehead atoms. The molecule has 1 aromatic carbocycles. The standard InChI is InChI=1S/C16H12ClN3O2S/c1-9-4-3-5-12(17)14(9)20-7-10(8-21)13-11(15(20)22)6-18-16(19-13)23-2/h3-8H,1-2H3. The van der Waals surface area contributed by atoms with Crippen LogP contribution >= 0.6 is 23.4 Å². The quantitative estimate of drug-likeness (QED) is 0.414. The number of carbonyl (C=O) groups is 1. The van der Waals surface area contributed by atoms with Crippen molar-refractivity contribution >= 4 is 40.6 Å². The summed E-state index contributed by atoms with van der Waals surface area (Å²) < 4.78 is 1.38. The monoisotopic (exact) mass is 345 g/mol. The molecular weight excluding hydrogens is 334 g/mol. The van der Waals surface area contributed by atoms with Gasteiger partial charge >= 0.3 is 0 Å². The topological polar surface area (TPSA) is 64.8 Å². The van der Waals surface area contributed by atoms with Crippen LogP contribution < -0.4 is 5.56 Å². The van der Waals surface area contributed by atoms with Crippen LogP contribution in [0.1, 0.15) is 15.9 Å². The number of hydrogen-bond donors (Lipinski definition) is 0. The molecule has 0 aliphatic rings. The number of aromatic nitrogens is 3. The third-order valence-electron chi connectivity index (χ3n) is 3.50. The molecule has 5 nitrogen and oxygen atoms in total. The Kier molecular flexibility index (Phi) is 4.19. The number of halogens is 1. The number of thioether (sulfide) groups is 1. The number of benzene rings is 1. The predicted molar refractivity (Wildman–Crippen MR) is 92.1 cm³/mol. The van der Waals surface area contributed by atoms with E-state index in [1.807, 2.05) is 25.3 Å². The van der Waals surface area contributed by atoms with Gasteiger partial charge in [-0.25, -0.2) is 9.97 Å². The highest BCUT2D eigenvalue weighted by Crippen LogP contribution is 2.24. The number of rotatable bonds is 3. The molecule has 3 aromatic rings. The lowest BCUT2D eigenvalue weighted by atomic mass is 10.1. The van der Waals surface area contributed by atoms with Crippen molar-refractivity contribution in [3.63, 3.8) is 0 Å². The number of pyridine rings is 1. The minimum absolute atomic E-state index is 0.284. The summed E-state index contributed by atoms with van der Waals surface area (Å²) in [5.74, 6) is 0. The summed E-state index contributed by atoms with van der Waals surface area (Å²) in [6.45, 7) is 1.85. The molecule has 0 N–H and O–H groups in total. The van der Waals surface area contributed by atoms with Crippen LogP contribution in [0.4, 0.5) is 0 Å². The van der Waals surface area contributed by atoms with Crippen LogP contribution in [0.3, 0.4) is 0 Å². The molecule has 0 radical (unpaired) electrons. The fraction of sp³-hybridized carbons (Fsp3) is 0.125. The Balaban J connectivity index is 2.43. The van der Waals surface area contributed by atoms with Gasteiger partial charge in [-0.15, -0.1) is 0 Å². The van der Waals surface area contributed by atoms with E-state index in [0.29, 0.717) is 33.2 Å². The second-order valence-corrected chi connectivity index (χ2v) is 6.08. The van der Waals surface area contributed by atoms with Crippen molar-refractivity contribution in [1.29, 1.82) is 0 Å². The fourth-order valence-corrected chi connectivity index (χ4v) is 3.06. The molecule has 0 fully saturated rings. The molecule has 2 aromatic heterocycles. The van der Waals surface area contributed by atoms with Crippen molar-refractivity contribution in [1.82, 2.24) is 14.5 Å². The lowest BCUT2D eigenvalue weighted by molar-refractivity contribution is 0.112. The van der Waals surface area contributed by atoms with E-state index >= 15 is 0 Å². The van der Waals surface area contributed by atoms with Gasteiger partial charge < -0.3 is 0 Å². The third kappa shape index (κ3) is 2.64. The smallest absolute Gasteiger partial charge is 0.266 e. The van der Waals surface area contributed by atoms with Gasteiger partial charge in [-0.3, -0.25) is 14.2 Å². The number of fused-ring (bicyclic) bond motifs is 1. The molecule has 0 saturated heterocycles. The second-order valence-electron chi connectivity index (χ2n) is 4.90. The Hall–Kier alpha value is -2.18. The van der Waals surface area contributed by atoms with Gasteiger partial charge in [-0.2, -0.15) is 0 Å². The molecule has 0 spiro atoms. The number of para-hydroxylation sites is 1. The molecule has 0 aliphatic heterocycles. The van der Waals surface area contributed by atoms with E-state index in [9.17, 15) is 9.59 Å². The van der Waals surface area contributed by atoms with Crippen LogP contribution in [0.25, 0.3) is 16.6 Å². The average molecular weight is 346 g/mol. The van der Waals surface area contributed by atoms with Crippen LogP contribution in [0.2, 0.25) is 5.02 Å². The van der Waals surface area contributed by atoms with Gasteiger partial charge in [0, 0.05) is 12.4 Å². The Labute approximate surface area is 141 Å². The zero-order valence-corrected chi connectivity index (χ0v) is 14.0. The zero-order valence-electron chi connectivity index (χ0n) is 12.4. The summed E-state index contributed by atoms with van der Waals surface area (Å²) in [6, 6.07) is 5.36. The lowest BCUT2D eigenvalue weighted by Crippen LogP contribution is -2.21. The first kappa shape index (κ1) is 15.7. The summed E-state index contributed by atoms with van der Waals surface area (Å²) in [7, 11) is 0. The van der Waals surface area contributed by atoms with Gasteiger partial charge in [0.05, 0.1) is 27.2 Å². The van der Waals surface area contributed by atoms with Crippen LogP contribution in [0.15, 0.2) is 40.5 Å². The normalized spacial score (nSPS) is 10.9. The number of carbonyl (C=O) groups excluding carboxylic acids is 1. The minimum Gasteiger partial charge on any atom is -0.298 e. The molecule has 0 saturated carbocycles. The third-order valence-corrected chi connectivity index (χ3v) is 4.36. The van der Waals surface area contributed by atoms with Crippen molar-refractivity contribution in [3.8, 4) is 5.69 Å². The van der Waals surface area contributed by atoms with Crippen molar-refractivity contribution in [3.05, 3.63) is 57.1 Å². The maximum Gasteiger partial charge on any atom is 0.266 e. The highest BCUT2D eigenvalue weighted by Gasteiger charge is 2.15. The van der Waals surface area contributed by atoms with Gasteiger partial charge in [-0.05, 0) is 24.8 Å². The van der Waals surface area contributed by atoms with Crippen LogP contribution in [0, 0.1) is 6.92 Å². The summed E-state index contributed by atoms with van der Waals surface area (Å²) in [5, 5.41) is 1.23. The van der Waals surface area contributed by atoms with E-state index < -0.39 is 0 Å². The average Bonchev–Trinajstić information content (AvgIpc) is 2.56. The molecular formula is C16H12ClN3O2S. The van der Waals surface area contributed by atoms with E-state index in [1.165, 1.54) is 28.7 Å². The fourth-order valence-electron chi connectivity index (χ4n) is 2.41. The lowest BCUT2D eigenvalue weighted by Gasteiger charge is -2.13. The number of hydrogen-bond acceptors (Lipinski definition) is 5. The second kappa shape index (κ2) is 6.14. The summed E-state index contributed by atoms with van der Waals surface area (Å²) in [4.78, 5) is 32.7. The van der Waals surface area contributed by atoms with E-state index in [-0.39, 0.29) is 10.9 Å². The van der Waals surface area contributed by atoms with Gasteiger partial charge in [0.25, 0.3) is 5.56 Å². The summed E-state index contributed by atoms with van der Waals surface area (Å²) >= 11 is 7.59. The first-order chi connectivity index (χ1) is 11.1. The van der Waals surface area contributed by atoms with Crippen LogP contribution in [0.5, 0.6) is 0 Å². The molecule has 7 heteroatoms. The first-order valence-corrected chi connectivity index (χ1v) is 8.34. The highest BCUT2D eigenvalue weighted by molar-refractivity contribution is 7.98. The summed E-state index contributed by atoms with van der Waals surface area (Å²) in [5.41, 5.74) is 1.74. The Morgan fingerprint density at radius 3 is 2.78 bits per heavy atom. The molecule has 0 aliphatic carbocycles. The van der Waals surface area contributed by atoms with Crippen LogP contribution in [-0.2, 0) is 0 Å². The van der Waals surface area contributed by atoms with E-state index in [1.54, 1.807) is 6.07 Å². The van der Waals surface area contributed by atoms with E-state index in [2.05, 4.69) is 9.97 Å². The van der Waals surface area contributed by atoms with E-state index in [4.69, 9.17) is 11.6 Å². The first-order valence-electron chi connectivity index (χ1n) is 6.74. The van der Waals surface area contributed by atoms with Gasteiger partial charge in [0.1, 0.15) is 0 Å². The van der Waals surface area contributed by atoms with Crippen molar-refractivity contribution in [2.75, 3.05) is 6.26 Å². The van der Waals surface area contributed by atoms with Gasteiger partial charge in [0.15, 0.2) is 11.4 Å². The maximum atomic E-state index is 12.8. The van der Waals surface area contributed by atoms with E-state index in [0.717, 1.165) is 5.56 Å². The molecule has 0 amide bonds. The largest absolute Gasteiger partial charge is 0.298 e.